The Bertz CT molecular complexity index is 292. The third-order valence-corrected chi connectivity index (χ3v) is 2.40. The van der Waals surface area contributed by atoms with Crippen LogP contribution in [0.5, 0.6) is 0 Å². The van der Waals surface area contributed by atoms with Crippen LogP contribution < -0.4 is 10.6 Å². The van der Waals surface area contributed by atoms with E-state index in [-0.39, 0.29) is 13.0 Å². The maximum absolute atomic E-state index is 9.69. The summed E-state index contributed by atoms with van der Waals surface area (Å²) in [6, 6.07) is 0. The molecule has 0 aromatic heterocycles. The van der Waals surface area contributed by atoms with Crippen molar-refractivity contribution in [2.24, 2.45) is 5.16 Å². The van der Waals surface area contributed by atoms with Gasteiger partial charge in [-0.25, -0.2) is 0 Å². The van der Waals surface area contributed by atoms with Crippen molar-refractivity contribution in [1.29, 1.82) is 0 Å². The van der Waals surface area contributed by atoms with Crippen LogP contribution in [0.1, 0.15) is 13.3 Å². The number of oxime groups is 1. The normalized spacial score (nSPS) is 24.4. The number of hydrogen-bond donors (Lipinski definition) is 6. The molecule has 16 heavy (non-hydrogen) atoms. The third kappa shape index (κ3) is 2.84. The average Bonchev–Trinajstić information content (AvgIpc) is 2.76. The zero-order valence-electron chi connectivity index (χ0n) is 8.96. The smallest absolute Gasteiger partial charge is 0.139 e. The Labute approximate surface area is 93.1 Å². The predicted molar refractivity (Wildman–Crippen MR) is 56.8 cm³/mol. The lowest BCUT2D eigenvalue weighted by Crippen LogP contribution is -2.42. The SMILES string of the molecule is C/C(=N\O)C1NC=C(C(O)C(O)CCO)N1. The molecule has 0 amide bonds. The molecule has 6 N–H and O–H groups in total. The first-order chi connectivity index (χ1) is 7.60. The van der Waals surface area contributed by atoms with Crippen LogP contribution in [0.3, 0.4) is 0 Å². The quantitative estimate of drug-likeness (QED) is 0.191. The van der Waals surface area contributed by atoms with E-state index in [4.69, 9.17) is 10.3 Å². The van der Waals surface area contributed by atoms with Gasteiger partial charge in [0.15, 0.2) is 0 Å². The van der Waals surface area contributed by atoms with Crippen molar-refractivity contribution in [3.05, 3.63) is 11.9 Å². The highest BCUT2D eigenvalue weighted by Crippen LogP contribution is 2.11. The minimum absolute atomic E-state index is 0.0952. The molecule has 0 bridgehead atoms. The summed E-state index contributed by atoms with van der Waals surface area (Å²) >= 11 is 0. The number of aliphatic hydroxyl groups is 3. The summed E-state index contributed by atoms with van der Waals surface area (Å²) in [7, 11) is 0. The third-order valence-electron chi connectivity index (χ3n) is 2.40. The van der Waals surface area contributed by atoms with Gasteiger partial charge in [0.1, 0.15) is 12.3 Å². The number of nitrogens with one attached hydrogen (secondary N) is 2. The summed E-state index contributed by atoms with van der Waals surface area (Å²) in [6.07, 6.45) is -0.925. The maximum atomic E-state index is 9.69. The Balaban J connectivity index is 2.52. The molecule has 1 aliphatic heterocycles. The molecule has 92 valence electrons. The monoisotopic (exact) mass is 231 g/mol. The van der Waals surface area contributed by atoms with E-state index in [1.54, 1.807) is 6.92 Å². The Kier molecular flexibility index (Phi) is 4.53. The van der Waals surface area contributed by atoms with E-state index in [2.05, 4.69) is 15.8 Å². The van der Waals surface area contributed by atoms with Crippen molar-refractivity contribution < 1.29 is 20.5 Å². The fourth-order valence-electron chi connectivity index (χ4n) is 1.37. The van der Waals surface area contributed by atoms with Gasteiger partial charge in [-0.15, -0.1) is 0 Å². The standard InChI is InChI=1S/C9H17N3O4/c1-5(12-16)9-10-4-6(11-9)8(15)7(14)2-3-13/h4,7-11,13-16H,2-3H2,1H3/b12-5+. The average molecular weight is 231 g/mol. The summed E-state index contributed by atoms with van der Waals surface area (Å²) in [4.78, 5) is 0. The molecule has 0 aliphatic carbocycles. The van der Waals surface area contributed by atoms with Gasteiger partial charge in [-0.1, -0.05) is 5.16 Å². The largest absolute Gasteiger partial charge is 0.411 e. The molecule has 3 unspecified atom stereocenters. The second-order valence-electron chi connectivity index (χ2n) is 3.61. The van der Waals surface area contributed by atoms with Crippen molar-refractivity contribution in [3.8, 4) is 0 Å². The van der Waals surface area contributed by atoms with Gasteiger partial charge in [0, 0.05) is 12.8 Å². The van der Waals surface area contributed by atoms with Crippen LogP contribution in [0.2, 0.25) is 0 Å². The van der Waals surface area contributed by atoms with Gasteiger partial charge in [0.25, 0.3) is 0 Å². The topological polar surface area (TPSA) is 117 Å². The van der Waals surface area contributed by atoms with Crippen LogP contribution in [-0.2, 0) is 0 Å². The number of nitrogens with zero attached hydrogens (tertiary/aromatic N) is 1. The lowest BCUT2D eigenvalue weighted by molar-refractivity contribution is 0.0228. The van der Waals surface area contributed by atoms with E-state index in [1.807, 2.05) is 0 Å². The fraction of sp³-hybridized carbons (Fsp3) is 0.667. The summed E-state index contributed by atoms with van der Waals surface area (Å²) in [5.74, 6) is 0. The molecule has 1 aliphatic rings. The molecule has 0 saturated carbocycles. The Morgan fingerprint density at radius 1 is 1.56 bits per heavy atom. The molecular weight excluding hydrogens is 214 g/mol. The first-order valence-electron chi connectivity index (χ1n) is 4.98. The van der Waals surface area contributed by atoms with Crippen LogP contribution in [0, 0.1) is 0 Å². The highest BCUT2D eigenvalue weighted by molar-refractivity contribution is 5.87. The van der Waals surface area contributed by atoms with Crippen LogP contribution in [-0.4, -0.2) is 51.2 Å². The van der Waals surface area contributed by atoms with Crippen LogP contribution in [0.15, 0.2) is 17.1 Å². The fourth-order valence-corrected chi connectivity index (χ4v) is 1.37. The van der Waals surface area contributed by atoms with Gasteiger partial charge in [-0.2, -0.15) is 0 Å². The van der Waals surface area contributed by atoms with Crippen molar-refractivity contribution in [2.45, 2.75) is 31.7 Å². The number of aliphatic hydroxyl groups excluding tert-OH is 3. The molecule has 0 aromatic carbocycles. The molecule has 1 heterocycles. The van der Waals surface area contributed by atoms with Gasteiger partial charge in [-0.3, -0.25) is 0 Å². The minimum atomic E-state index is -1.10. The zero-order valence-corrected chi connectivity index (χ0v) is 8.96. The van der Waals surface area contributed by atoms with Crippen molar-refractivity contribution >= 4 is 5.71 Å². The van der Waals surface area contributed by atoms with Crippen molar-refractivity contribution in [1.82, 2.24) is 10.6 Å². The van der Waals surface area contributed by atoms with Gasteiger partial charge < -0.3 is 31.2 Å². The highest BCUT2D eigenvalue weighted by atomic mass is 16.4. The molecule has 0 radical (unpaired) electrons. The molecule has 0 saturated heterocycles. The summed E-state index contributed by atoms with van der Waals surface area (Å²) in [6.45, 7) is 1.41. The minimum Gasteiger partial charge on any atom is -0.411 e. The molecular formula is C9H17N3O4. The Morgan fingerprint density at radius 3 is 2.81 bits per heavy atom. The van der Waals surface area contributed by atoms with E-state index in [9.17, 15) is 10.2 Å². The van der Waals surface area contributed by atoms with E-state index in [1.165, 1.54) is 6.20 Å². The first kappa shape index (κ1) is 12.8. The molecule has 0 spiro atoms. The first-order valence-corrected chi connectivity index (χ1v) is 4.98. The summed E-state index contributed by atoms with van der Waals surface area (Å²) in [5.41, 5.74) is 0.809. The number of hydrogen-bond acceptors (Lipinski definition) is 7. The molecule has 0 fully saturated rings. The second-order valence-corrected chi connectivity index (χ2v) is 3.61. The van der Waals surface area contributed by atoms with Crippen molar-refractivity contribution in [2.75, 3.05) is 6.61 Å². The maximum Gasteiger partial charge on any atom is 0.139 e. The van der Waals surface area contributed by atoms with Crippen molar-refractivity contribution in [3.63, 3.8) is 0 Å². The van der Waals surface area contributed by atoms with E-state index in [0.717, 1.165) is 0 Å². The Morgan fingerprint density at radius 2 is 2.25 bits per heavy atom. The predicted octanol–water partition coefficient (Wildman–Crippen LogP) is -1.70. The lowest BCUT2D eigenvalue weighted by Gasteiger charge is -2.19. The highest BCUT2D eigenvalue weighted by Gasteiger charge is 2.27. The van der Waals surface area contributed by atoms with Gasteiger partial charge in [0.2, 0.25) is 0 Å². The van der Waals surface area contributed by atoms with Crippen LogP contribution in [0.25, 0.3) is 0 Å². The van der Waals surface area contributed by atoms with Gasteiger partial charge in [-0.05, 0) is 13.3 Å². The summed E-state index contributed by atoms with van der Waals surface area (Å²) in [5, 5.41) is 45.0. The van der Waals surface area contributed by atoms with E-state index < -0.39 is 18.4 Å². The molecule has 7 heteroatoms. The molecule has 1 rings (SSSR count). The van der Waals surface area contributed by atoms with Crippen LogP contribution in [0.4, 0.5) is 0 Å². The Hall–Kier alpha value is -1.31. The summed E-state index contributed by atoms with van der Waals surface area (Å²) < 4.78 is 0. The van der Waals surface area contributed by atoms with Gasteiger partial charge in [0.05, 0.1) is 17.5 Å². The second kappa shape index (κ2) is 5.69. The zero-order chi connectivity index (χ0) is 12.1. The lowest BCUT2D eigenvalue weighted by atomic mass is 10.1. The number of rotatable bonds is 5. The molecule has 0 aromatic rings. The molecule has 7 nitrogen and oxygen atoms in total. The van der Waals surface area contributed by atoms with E-state index >= 15 is 0 Å². The van der Waals surface area contributed by atoms with Gasteiger partial charge >= 0.3 is 0 Å². The van der Waals surface area contributed by atoms with E-state index in [0.29, 0.717) is 11.4 Å². The van der Waals surface area contributed by atoms with Crippen LogP contribution >= 0.6 is 0 Å². The molecule has 3 atom stereocenters.